The number of ether oxygens (including phenoxy) is 1. The Labute approximate surface area is 188 Å². The van der Waals surface area contributed by atoms with E-state index < -0.39 is 34.7 Å². The Morgan fingerprint density at radius 1 is 1.09 bits per heavy atom. The first kappa shape index (κ1) is 23.3. The molecule has 0 aliphatic heterocycles. The Balaban J connectivity index is 1.92. The maximum absolute atomic E-state index is 12.9. The van der Waals surface area contributed by atoms with Gasteiger partial charge in [-0.2, -0.15) is 0 Å². The minimum Gasteiger partial charge on any atom is -0.480 e. The number of nitrogens with zero attached hydrogens (tertiary/aromatic N) is 2. The van der Waals surface area contributed by atoms with Crippen LogP contribution in [0.15, 0.2) is 60.7 Å². The van der Waals surface area contributed by atoms with Crippen molar-refractivity contribution in [3.8, 4) is 0 Å². The standard InChI is InChI=1S/C23H21N3O7/c1-2-33-20(27)13-17(14-7-10-16(11-8-14)26(31)32)21(23(29)30)25-22(28)19-12-9-15-5-3-4-6-18(15)24-19/h3-12,17,21H,2,13H2,1H3,(H,25,28)(H,29,30)/t17-,21-/m1/s1. The summed E-state index contributed by atoms with van der Waals surface area (Å²) in [5.74, 6) is -3.81. The van der Waals surface area contributed by atoms with Gasteiger partial charge in [0.15, 0.2) is 0 Å². The van der Waals surface area contributed by atoms with Crippen molar-refractivity contribution >= 4 is 34.4 Å². The van der Waals surface area contributed by atoms with E-state index in [-0.39, 0.29) is 24.4 Å². The Kier molecular flexibility index (Phi) is 7.29. The maximum Gasteiger partial charge on any atom is 0.326 e. The Morgan fingerprint density at radius 3 is 2.42 bits per heavy atom. The van der Waals surface area contributed by atoms with Gasteiger partial charge in [0.2, 0.25) is 0 Å². The van der Waals surface area contributed by atoms with E-state index in [1.165, 1.54) is 30.3 Å². The van der Waals surface area contributed by atoms with Gasteiger partial charge in [-0.1, -0.05) is 36.4 Å². The molecular formula is C23H21N3O7. The predicted octanol–water partition coefficient (Wildman–Crippen LogP) is 3.06. The molecule has 10 heteroatoms. The molecular weight excluding hydrogens is 430 g/mol. The number of esters is 1. The number of carboxylic acids is 1. The Bertz CT molecular complexity index is 1190. The SMILES string of the molecule is CCOC(=O)C[C@H](c1ccc([N+](=O)[O-])cc1)[C@@H](NC(=O)c1ccc2ccccc2n1)C(=O)O. The van der Waals surface area contributed by atoms with E-state index in [1.54, 1.807) is 25.1 Å². The molecule has 33 heavy (non-hydrogen) atoms. The molecule has 170 valence electrons. The lowest BCUT2D eigenvalue weighted by Gasteiger charge is -2.24. The van der Waals surface area contributed by atoms with Crippen LogP contribution in [0, 0.1) is 10.1 Å². The molecule has 1 heterocycles. The van der Waals surface area contributed by atoms with Crippen molar-refractivity contribution in [3.63, 3.8) is 0 Å². The zero-order valence-corrected chi connectivity index (χ0v) is 17.6. The number of pyridine rings is 1. The van der Waals surface area contributed by atoms with Crippen molar-refractivity contribution in [2.24, 2.45) is 0 Å². The molecule has 10 nitrogen and oxygen atoms in total. The molecule has 0 spiro atoms. The minimum atomic E-state index is -1.52. The second kappa shape index (κ2) is 10.3. The van der Waals surface area contributed by atoms with Crippen LogP contribution in [0.3, 0.4) is 0 Å². The number of carbonyl (C=O) groups excluding carboxylic acids is 2. The lowest BCUT2D eigenvalue weighted by atomic mass is 9.88. The molecule has 2 N–H and O–H groups in total. The highest BCUT2D eigenvalue weighted by atomic mass is 16.6. The average molecular weight is 451 g/mol. The number of nitro benzene ring substituents is 1. The van der Waals surface area contributed by atoms with E-state index in [2.05, 4.69) is 10.3 Å². The molecule has 0 radical (unpaired) electrons. The summed E-state index contributed by atoms with van der Waals surface area (Å²) in [5.41, 5.74) is 0.715. The Morgan fingerprint density at radius 2 is 1.79 bits per heavy atom. The highest BCUT2D eigenvalue weighted by molar-refractivity contribution is 5.97. The van der Waals surface area contributed by atoms with Gasteiger partial charge in [-0.3, -0.25) is 19.7 Å². The van der Waals surface area contributed by atoms with Crippen LogP contribution in [0.5, 0.6) is 0 Å². The van der Waals surface area contributed by atoms with Gasteiger partial charge < -0.3 is 15.2 Å². The number of nitro groups is 1. The highest BCUT2D eigenvalue weighted by Crippen LogP contribution is 2.27. The fourth-order valence-electron chi connectivity index (χ4n) is 3.41. The second-order valence-electron chi connectivity index (χ2n) is 7.14. The number of hydrogen-bond donors (Lipinski definition) is 2. The molecule has 1 amide bonds. The molecule has 0 saturated heterocycles. The van der Waals surface area contributed by atoms with Gasteiger partial charge in [0.25, 0.3) is 11.6 Å². The number of hydrogen-bond acceptors (Lipinski definition) is 7. The van der Waals surface area contributed by atoms with Gasteiger partial charge in [0, 0.05) is 23.4 Å². The van der Waals surface area contributed by atoms with Crippen LogP contribution in [-0.2, 0) is 14.3 Å². The number of carboxylic acid groups (broad SMARTS) is 1. The van der Waals surface area contributed by atoms with Gasteiger partial charge >= 0.3 is 11.9 Å². The molecule has 2 atom stereocenters. The zero-order valence-electron chi connectivity index (χ0n) is 17.6. The quantitative estimate of drug-likeness (QED) is 0.286. The lowest BCUT2D eigenvalue weighted by Crippen LogP contribution is -2.46. The third-order valence-corrected chi connectivity index (χ3v) is 5.01. The van der Waals surface area contributed by atoms with Crippen LogP contribution in [0.1, 0.15) is 35.3 Å². The van der Waals surface area contributed by atoms with E-state index in [0.29, 0.717) is 11.1 Å². The molecule has 0 fully saturated rings. The number of rotatable bonds is 9. The average Bonchev–Trinajstić information content (AvgIpc) is 2.81. The van der Waals surface area contributed by atoms with Crippen molar-refractivity contribution in [1.82, 2.24) is 10.3 Å². The molecule has 3 rings (SSSR count). The van der Waals surface area contributed by atoms with Gasteiger partial charge in [-0.25, -0.2) is 9.78 Å². The van der Waals surface area contributed by atoms with Crippen LogP contribution in [0.4, 0.5) is 5.69 Å². The maximum atomic E-state index is 12.9. The topological polar surface area (TPSA) is 149 Å². The summed E-state index contributed by atoms with van der Waals surface area (Å²) in [7, 11) is 0. The first-order chi connectivity index (χ1) is 15.8. The van der Waals surface area contributed by atoms with Crippen molar-refractivity contribution in [2.75, 3.05) is 6.61 Å². The molecule has 0 aliphatic rings. The number of aliphatic carboxylic acids is 1. The number of nitrogens with one attached hydrogen (secondary N) is 1. The molecule has 0 saturated carbocycles. The van der Waals surface area contributed by atoms with Crippen LogP contribution in [0.2, 0.25) is 0 Å². The Hall–Kier alpha value is -4.34. The van der Waals surface area contributed by atoms with Crippen LogP contribution in [0.25, 0.3) is 10.9 Å². The summed E-state index contributed by atoms with van der Waals surface area (Å²) in [5, 5.41) is 24.1. The second-order valence-corrected chi connectivity index (χ2v) is 7.14. The third kappa shape index (κ3) is 5.67. The number of amides is 1. The molecule has 3 aromatic rings. The summed E-state index contributed by atoms with van der Waals surface area (Å²) in [6, 6.07) is 13.9. The summed E-state index contributed by atoms with van der Waals surface area (Å²) in [4.78, 5) is 51.8. The summed E-state index contributed by atoms with van der Waals surface area (Å²) in [6.07, 6.45) is -0.353. The van der Waals surface area contributed by atoms with Gasteiger partial charge in [0.05, 0.1) is 23.5 Å². The molecule has 1 aromatic heterocycles. The molecule has 2 aromatic carbocycles. The smallest absolute Gasteiger partial charge is 0.326 e. The minimum absolute atomic E-state index is 0.0125. The number of benzene rings is 2. The van der Waals surface area contributed by atoms with Crippen molar-refractivity contribution in [2.45, 2.75) is 25.3 Å². The number of non-ortho nitro benzene ring substituents is 1. The molecule has 0 unspecified atom stereocenters. The van der Waals surface area contributed by atoms with Crippen LogP contribution < -0.4 is 5.32 Å². The molecule has 0 aliphatic carbocycles. The largest absolute Gasteiger partial charge is 0.480 e. The lowest BCUT2D eigenvalue weighted by molar-refractivity contribution is -0.384. The van der Waals surface area contributed by atoms with Gasteiger partial charge in [-0.15, -0.1) is 0 Å². The number of para-hydroxylation sites is 1. The van der Waals surface area contributed by atoms with E-state index in [1.807, 2.05) is 12.1 Å². The predicted molar refractivity (Wildman–Crippen MR) is 118 cm³/mol. The van der Waals surface area contributed by atoms with Crippen molar-refractivity contribution in [3.05, 3.63) is 82.0 Å². The fourth-order valence-corrected chi connectivity index (χ4v) is 3.41. The van der Waals surface area contributed by atoms with Crippen molar-refractivity contribution < 1.29 is 29.2 Å². The monoisotopic (exact) mass is 451 g/mol. The third-order valence-electron chi connectivity index (χ3n) is 5.01. The van der Waals surface area contributed by atoms with E-state index >= 15 is 0 Å². The van der Waals surface area contributed by atoms with E-state index in [4.69, 9.17) is 4.74 Å². The number of aromatic nitrogens is 1. The van der Waals surface area contributed by atoms with Gasteiger partial charge in [0.1, 0.15) is 11.7 Å². The normalized spacial score (nSPS) is 12.5. The van der Waals surface area contributed by atoms with Crippen LogP contribution in [-0.4, -0.2) is 45.5 Å². The zero-order chi connectivity index (χ0) is 24.0. The summed E-state index contributed by atoms with van der Waals surface area (Å²) < 4.78 is 4.96. The molecule has 0 bridgehead atoms. The summed E-state index contributed by atoms with van der Waals surface area (Å²) in [6.45, 7) is 1.71. The first-order valence-electron chi connectivity index (χ1n) is 10.1. The summed E-state index contributed by atoms with van der Waals surface area (Å²) >= 11 is 0. The van der Waals surface area contributed by atoms with Crippen molar-refractivity contribution in [1.29, 1.82) is 0 Å². The number of fused-ring (bicyclic) bond motifs is 1. The van der Waals surface area contributed by atoms with Crippen LogP contribution >= 0.6 is 0 Å². The highest BCUT2D eigenvalue weighted by Gasteiger charge is 2.34. The first-order valence-corrected chi connectivity index (χ1v) is 10.1. The van der Waals surface area contributed by atoms with Gasteiger partial charge in [-0.05, 0) is 24.6 Å². The van der Waals surface area contributed by atoms with E-state index in [0.717, 1.165) is 5.39 Å². The van der Waals surface area contributed by atoms with E-state index in [9.17, 15) is 29.6 Å². The fraction of sp³-hybridized carbons (Fsp3) is 0.217. The number of carbonyl (C=O) groups is 3.